The fourth-order valence-electron chi connectivity index (χ4n) is 4.04. The third kappa shape index (κ3) is 4.16. The highest BCUT2D eigenvalue weighted by molar-refractivity contribution is 6.04. The van der Waals surface area contributed by atoms with Gasteiger partial charge < -0.3 is 14.6 Å². The number of nitrogens with one attached hydrogen (secondary N) is 1. The van der Waals surface area contributed by atoms with Gasteiger partial charge in [0.05, 0.1) is 18.8 Å². The molecule has 8 heteroatoms. The van der Waals surface area contributed by atoms with Crippen molar-refractivity contribution in [3.05, 3.63) is 54.2 Å². The third-order valence-corrected chi connectivity index (χ3v) is 5.54. The Morgan fingerprint density at radius 3 is 2.90 bits per heavy atom. The van der Waals surface area contributed by atoms with Crippen molar-refractivity contribution in [3.63, 3.8) is 0 Å². The normalized spacial score (nSPS) is 22.1. The molecule has 0 bridgehead atoms. The predicted octanol–water partition coefficient (Wildman–Crippen LogP) is 2.63. The summed E-state index contributed by atoms with van der Waals surface area (Å²) in [5.74, 6) is 0.226. The molecule has 152 valence electrons. The fourth-order valence-corrected chi connectivity index (χ4v) is 4.04. The number of likely N-dealkylation sites (tertiary alicyclic amines) is 1. The molecule has 4 amide bonds. The van der Waals surface area contributed by atoms with Crippen molar-refractivity contribution in [2.75, 3.05) is 6.54 Å². The van der Waals surface area contributed by atoms with Gasteiger partial charge in [-0.1, -0.05) is 6.07 Å². The number of nitrogens with zero attached hydrogens (tertiary/aromatic N) is 3. The largest absolute Gasteiger partial charge is 0.467 e. The maximum atomic E-state index is 12.9. The number of hydrogen-bond acceptors (Lipinski definition) is 5. The molecule has 0 unspecified atom stereocenters. The second-order valence-electron chi connectivity index (χ2n) is 7.43. The van der Waals surface area contributed by atoms with Gasteiger partial charge >= 0.3 is 6.03 Å². The van der Waals surface area contributed by atoms with E-state index in [2.05, 4.69) is 10.3 Å². The van der Waals surface area contributed by atoms with E-state index < -0.39 is 12.1 Å². The van der Waals surface area contributed by atoms with E-state index in [-0.39, 0.29) is 37.2 Å². The number of hydrogen-bond donors (Lipinski definition) is 1. The Kier molecular flexibility index (Phi) is 5.59. The standard InChI is InChI=1S/C21H24N4O4/c26-19(24-11-2-1-7-18(24)15-5-3-10-22-13-15)9-8-17-20(27)25(21(28)23-17)14-16-6-4-12-29-16/h3-6,10,12-13,17-18H,1-2,7-9,11,14H2,(H,23,28)/t17-,18-/m0/s1. The number of carbonyl (C=O) groups is 3. The molecule has 1 N–H and O–H groups in total. The van der Waals surface area contributed by atoms with E-state index in [0.29, 0.717) is 12.3 Å². The van der Waals surface area contributed by atoms with Gasteiger partial charge in [0.15, 0.2) is 0 Å². The molecule has 2 atom stereocenters. The monoisotopic (exact) mass is 396 g/mol. The Labute approximate surface area is 168 Å². The average molecular weight is 396 g/mol. The molecule has 2 saturated heterocycles. The topological polar surface area (TPSA) is 95.8 Å². The van der Waals surface area contributed by atoms with Crippen LogP contribution < -0.4 is 5.32 Å². The molecule has 0 aliphatic carbocycles. The van der Waals surface area contributed by atoms with Crippen LogP contribution >= 0.6 is 0 Å². The van der Waals surface area contributed by atoms with Gasteiger partial charge in [-0.15, -0.1) is 0 Å². The maximum absolute atomic E-state index is 12.9. The van der Waals surface area contributed by atoms with E-state index in [0.717, 1.165) is 29.7 Å². The summed E-state index contributed by atoms with van der Waals surface area (Å²) in [5, 5.41) is 2.68. The summed E-state index contributed by atoms with van der Waals surface area (Å²) in [4.78, 5) is 44.9. The van der Waals surface area contributed by atoms with Crippen molar-refractivity contribution >= 4 is 17.8 Å². The first-order valence-corrected chi connectivity index (χ1v) is 9.97. The van der Waals surface area contributed by atoms with Gasteiger partial charge in [0, 0.05) is 25.4 Å². The van der Waals surface area contributed by atoms with Crippen LogP contribution in [-0.2, 0) is 16.1 Å². The molecule has 2 aromatic heterocycles. The molecular weight excluding hydrogens is 372 g/mol. The summed E-state index contributed by atoms with van der Waals surface area (Å²) in [6.07, 6.45) is 8.48. The number of piperidine rings is 1. The smallest absolute Gasteiger partial charge is 0.325 e. The lowest BCUT2D eigenvalue weighted by Gasteiger charge is -2.36. The van der Waals surface area contributed by atoms with Gasteiger partial charge in [-0.2, -0.15) is 0 Å². The van der Waals surface area contributed by atoms with Crippen molar-refractivity contribution in [3.8, 4) is 0 Å². The van der Waals surface area contributed by atoms with Crippen LogP contribution in [0.3, 0.4) is 0 Å². The van der Waals surface area contributed by atoms with E-state index in [9.17, 15) is 14.4 Å². The highest BCUT2D eigenvalue weighted by Gasteiger charge is 2.39. The van der Waals surface area contributed by atoms with E-state index in [1.807, 2.05) is 23.2 Å². The van der Waals surface area contributed by atoms with Gasteiger partial charge in [-0.3, -0.25) is 19.5 Å². The van der Waals surface area contributed by atoms with E-state index >= 15 is 0 Å². The second-order valence-corrected chi connectivity index (χ2v) is 7.43. The molecule has 4 heterocycles. The Hall–Kier alpha value is -3.16. The van der Waals surface area contributed by atoms with Crippen LogP contribution in [0.25, 0.3) is 0 Å². The summed E-state index contributed by atoms with van der Waals surface area (Å²) in [6.45, 7) is 0.797. The summed E-state index contributed by atoms with van der Waals surface area (Å²) in [5.41, 5.74) is 1.04. The van der Waals surface area contributed by atoms with Crippen LogP contribution in [0.5, 0.6) is 0 Å². The zero-order chi connectivity index (χ0) is 20.2. The molecule has 2 fully saturated rings. The summed E-state index contributed by atoms with van der Waals surface area (Å²) >= 11 is 0. The van der Waals surface area contributed by atoms with E-state index in [4.69, 9.17) is 4.42 Å². The van der Waals surface area contributed by atoms with Crippen LogP contribution in [0, 0.1) is 0 Å². The maximum Gasteiger partial charge on any atom is 0.325 e. The SMILES string of the molecule is O=C1N[C@@H](CCC(=O)N2CCCC[C@H]2c2cccnc2)C(=O)N1Cc1ccco1. The molecule has 2 aliphatic rings. The van der Waals surface area contributed by atoms with Crippen LogP contribution in [0.1, 0.15) is 49.5 Å². The first-order valence-electron chi connectivity index (χ1n) is 9.97. The Bertz CT molecular complexity index is 868. The van der Waals surface area contributed by atoms with E-state index in [1.54, 1.807) is 18.3 Å². The lowest BCUT2D eigenvalue weighted by atomic mass is 9.95. The molecule has 0 radical (unpaired) electrons. The second kappa shape index (κ2) is 8.46. The Morgan fingerprint density at radius 2 is 2.14 bits per heavy atom. The van der Waals surface area contributed by atoms with Gasteiger partial charge in [0.25, 0.3) is 5.91 Å². The van der Waals surface area contributed by atoms with Crippen molar-refractivity contribution in [1.29, 1.82) is 0 Å². The van der Waals surface area contributed by atoms with Crippen molar-refractivity contribution in [1.82, 2.24) is 20.1 Å². The average Bonchev–Trinajstić information content (AvgIpc) is 3.36. The number of imide groups is 1. The third-order valence-electron chi connectivity index (χ3n) is 5.54. The first-order chi connectivity index (χ1) is 14.1. The molecule has 29 heavy (non-hydrogen) atoms. The number of carbonyl (C=O) groups excluding carboxylic acids is 3. The quantitative estimate of drug-likeness (QED) is 0.758. The van der Waals surface area contributed by atoms with Crippen molar-refractivity contribution < 1.29 is 18.8 Å². The highest BCUT2D eigenvalue weighted by atomic mass is 16.3. The molecule has 0 saturated carbocycles. The van der Waals surface area contributed by atoms with Crippen LogP contribution in [0.2, 0.25) is 0 Å². The zero-order valence-corrected chi connectivity index (χ0v) is 16.1. The first kappa shape index (κ1) is 19.2. The number of furan rings is 1. The minimum Gasteiger partial charge on any atom is -0.467 e. The summed E-state index contributed by atoms with van der Waals surface area (Å²) in [6, 6.07) is 6.20. The number of rotatable bonds is 6. The summed E-state index contributed by atoms with van der Waals surface area (Å²) < 4.78 is 5.22. The molecule has 0 aromatic carbocycles. The molecule has 0 spiro atoms. The fraction of sp³-hybridized carbons (Fsp3) is 0.429. The Morgan fingerprint density at radius 1 is 1.24 bits per heavy atom. The van der Waals surface area contributed by atoms with E-state index in [1.165, 1.54) is 6.26 Å². The predicted molar refractivity (Wildman–Crippen MR) is 103 cm³/mol. The highest BCUT2D eigenvalue weighted by Crippen LogP contribution is 2.31. The van der Waals surface area contributed by atoms with Gasteiger partial charge in [-0.25, -0.2) is 4.79 Å². The summed E-state index contributed by atoms with van der Waals surface area (Å²) in [7, 11) is 0. The number of urea groups is 1. The van der Waals surface area contributed by atoms with Crippen LogP contribution in [0.15, 0.2) is 47.3 Å². The molecular formula is C21H24N4O4. The number of amides is 4. The minimum atomic E-state index is -0.678. The number of aromatic nitrogens is 1. The lowest BCUT2D eigenvalue weighted by molar-refractivity contribution is -0.135. The van der Waals surface area contributed by atoms with Gasteiger partial charge in [0.1, 0.15) is 11.8 Å². The van der Waals surface area contributed by atoms with Gasteiger partial charge in [0.2, 0.25) is 5.91 Å². The lowest BCUT2D eigenvalue weighted by Crippen LogP contribution is -2.39. The molecule has 2 aromatic rings. The molecule has 8 nitrogen and oxygen atoms in total. The Balaban J connectivity index is 1.36. The van der Waals surface area contributed by atoms with Crippen molar-refractivity contribution in [2.45, 2.75) is 50.7 Å². The molecule has 4 rings (SSSR count). The van der Waals surface area contributed by atoms with Gasteiger partial charge in [-0.05, 0) is 49.4 Å². The zero-order valence-electron chi connectivity index (χ0n) is 16.1. The molecule has 2 aliphatic heterocycles. The van der Waals surface area contributed by atoms with Crippen molar-refractivity contribution in [2.24, 2.45) is 0 Å². The minimum absolute atomic E-state index is 0.00471. The van der Waals surface area contributed by atoms with Crippen LogP contribution in [-0.4, -0.2) is 45.2 Å². The number of pyridine rings is 1. The van der Waals surface area contributed by atoms with Crippen LogP contribution in [0.4, 0.5) is 4.79 Å².